The van der Waals surface area contributed by atoms with Crippen molar-refractivity contribution in [3.05, 3.63) is 65.9 Å². The summed E-state index contributed by atoms with van der Waals surface area (Å²) in [7, 11) is 1.29. The van der Waals surface area contributed by atoms with E-state index in [0.29, 0.717) is 31.8 Å². The number of terminal acetylenes is 1. The van der Waals surface area contributed by atoms with Crippen LogP contribution in [0.25, 0.3) is 44.2 Å². The Labute approximate surface area is 321 Å². The molecule has 0 spiro atoms. The number of amides is 3. The van der Waals surface area contributed by atoms with Crippen molar-refractivity contribution in [1.29, 1.82) is 0 Å². The Morgan fingerprint density at radius 1 is 1.11 bits per heavy atom. The molecule has 3 N–H and O–H groups in total. The summed E-state index contributed by atoms with van der Waals surface area (Å²) in [5, 5.41) is 4.68. The van der Waals surface area contributed by atoms with E-state index in [4.69, 9.17) is 20.9 Å². The minimum atomic E-state index is -0.684. The van der Waals surface area contributed by atoms with Gasteiger partial charge in [-0.1, -0.05) is 32.0 Å². The molecule has 55 heavy (non-hydrogen) atoms. The zero-order valence-corrected chi connectivity index (χ0v) is 32.4. The number of nitrogens with one attached hydrogen (secondary N) is 3. The molecular formula is C43H49N7O5. The molecule has 0 saturated carbocycles. The van der Waals surface area contributed by atoms with Crippen molar-refractivity contribution in [2.75, 3.05) is 13.7 Å². The Balaban J connectivity index is 1.15. The molecule has 5 atom stereocenters. The predicted molar refractivity (Wildman–Crippen MR) is 212 cm³/mol. The maximum atomic E-state index is 13.7. The van der Waals surface area contributed by atoms with Crippen molar-refractivity contribution in [2.45, 2.75) is 97.5 Å². The molecule has 2 aliphatic heterocycles. The number of aromatic nitrogens is 4. The van der Waals surface area contributed by atoms with Gasteiger partial charge in [-0.2, -0.15) is 0 Å². The van der Waals surface area contributed by atoms with Crippen LogP contribution in [0.5, 0.6) is 5.75 Å². The number of imidazole rings is 2. The number of hydrogen-bond acceptors (Lipinski definition) is 7. The van der Waals surface area contributed by atoms with Gasteiger partial charge < -0.3 is 34.6 Å². The largest absolute Gasteiger partial charge is 0.488 e. The minimum Gasteiger partial charge on any atom is -0.488 e. The van der Waals surface area contributed by atoms with Crippen molar-refractivity contribution in [3.63, 3.8) is 0 Å². The summed E-state index contributed by atoms with van der Waals surface area (Å²) in [5.41, 5.74) is 6.71. The number of methoxy groups -OCH3 is 1. The average Bonchev–Trinajstić information content (AvgIpc) is 3.96. The number of carbonyl (C=O) groups excluding carboxylic acids is 3. The number of aromatic amines is 2. The van der Waals surface area contributed by atoms with Crippen molar-refractivity contribution in [1.82, 2.24) is 35.1 Å². The molecule has 3 aromatic carbocycles. The van der Waals surface area contributed by atoms with Gasteiger partial charge in [-0.3, -0.25) is 9.59 Å². The number of benzene rings is 3. The van der Waals surface area contributed by atoms with Crippen LogP contribution in [0.1, 0.15) is 96.0 Å². The molecule has 12 nitrogen and oxygen atoms in total. The smallest absolute Gasteiger partial charge is 0.407 e. The molecule has 0 radical (unpaired) electrons. The van der Waals surface area contributed by atoms with E-state index in [1.165, 1.54) is 7.11 Å². The molecule has 7 rings (SSSR count). The third-order valence-corrected chi connectivity index (χ3v) is 11.1. The maximum absolute atomic E-state index is 13.7. The van der Waals surface area contributed by atoms with Gasteiger partial charge >= 0.3 is 6.09 Å². The Kier molecular flexibility index (Phi) is 10.6. The van der Waals surface area contributed by atoms with Crippen LogP contribution in [-0.4, -0.2) is 73.4 Å². The molecular weight excluding hydrogens is 695 g/mol. The number of carbonyl (C=O) groups is 3. The Morgan fingerprint density at radius 2 is 1.93 bits per heavy atom. The van der Waals surface area contributed by atoms with E-state index in [2.05, 4.69) is 62.6 Å². The van der Waals surface area contributed by atoms with E-state index in [0.717, 1.165) is 80.6 Å². The van der Waals surface area contributed by atoms with Crippen LogP contribution in [0.3, 0.4) is 0 Å². The molecule has 4 heterocycles. The number of fused-ring (bicyclic) bond motifs is 6. The summed E-state index contributed by atoms with van der Waals surface area (Å²) in [6, 6.07) is 13.5. The fourth-order valence-electron chi connectivity index (χ4n) is 8.00. The maximum Gasteiger partial charge on any atom is 0.407 e. The van der Waals surface area contributed by atoms with Crippen LogP contribution in [0, 0.1) is 18.3 Å². The van der Waals surface area contributed by atoms with Crippen LogP contribution in [-0.2, 0) is 20.9 Å². The van der Waals surface area contributed by atoms with Gasteiger partial charge in [0.05, 0.1) is 42.1 Å². The zero-order chi connectivity index (χ0) is 39.0. The topological polar surface area (TPSA) is 146 Å². The molecule has 2 aromatic heterocycles. The van der Waals surface area contributed by atoms with E-state index in [1.807, 2.05) is 56.7 Å². The Bertz CT molecular complexity index is 2300. The van der Waals surface area contributed by atoms with E-state index in [1.54, 1.807) is 0 Å². The van der Waals surface area contributed by atoms with Crippen LogP contribution >= 0.6 is 0 Å². The molecule has 0 bridgehead atoms. The summed E-state index contributed by atoms with van der Waals surface area (Å²) in [5.74, 6) is 4.83. The zero-order valence-electron chi connectivity index (χ0n) is 32.4. The van der Waals surface area contributed by atoms with E-state index in [9.17, 15) is 14.4 Å². The number of alkyl carbamates (subject to hydrolysis) is 1. The summed E-state index contributed by atoms with van der Waals surface area (Å²) in [6.07, 6.45) is 10.1. The van der Waals surface area contributed by atoms with Crippen LogP contribution in [0.2, 0.25) is 0 Å². The monoisotopic (exact) mass is 743 g/mol. The molecule has 3 amide bonds. The molecule has 0 unspecified atom stereocenters. The molecule has 0 aliphatic carbocycles. The average molecular weight is 744 g/mol. The second kappa shape index (κ2) is 15.5. The van der Waals surface area contributed by atoms with Crippen molar-refractivity contribution >= 4 is 39.7 Å². The van der Waals surface area contributed by atoms with E-state index in [-0.39, 0.29) is 35.9 Å². The van der Waals surface area contributed by atoms with Gasteiger partial charge in [0, 0.05) is 35.9 Å². The lowest BCUT2D eigenvalue weighted by Gasteiger charge is -2.31. The number of rotatable bonds is 11. The van der Waals surface area contributed by atoms with Crippen LogP contribution < -0.4 is 10.1 Å². The number of nitrogens with zero attached hydrogens (tertiary/aromatic N) is 4. The summed E-state index contributed by atoms with van der Waals surface area (Å²) < 4.78 is 11.2. The second-order valence-electron chi connectivity index (χ2n) is 14.8. The van der Waals surface area contributed by atoms with Gasteiger partial charge in [-0.05, 0) is 92.8 Å². The fraction of sp³-hybridized carbons (Fsp3) is 0.419. The normalized spacial score (nSPS) is 17.8. The summed E-state index contributed by atoms with van der Waals surface area (Å²) in [6.45, 7) is 10.7. The third kappa shape index (κ3) is 7.11. The highest BCUT2D eigenvalue weighted by Crippen LogP contribution is 2.43. The first-order chi connectivity index (χ1) is 26.5. The molecule has 1 fully saturated rings. The Hall–Kier alpha value is -5.83. The lowest BCUT2D eigenvalue weighted by atomic mass is 9.92. The predicted octanol–water partition coefficient (Wildman–Crippen LogP) is 7.81. The van der Waals surface area contributed by atoms with Crippen LogP contribution in [0.4, 0.5) is 4.79 Å². The van der Waals surface area contributed by atoms with Gasteiger partial charge in [0.25, 0.3) is 0 Å². The SMILES string of the molecule is C#C[C@@H](C)CN(C(=O)CCC)[C@@H](C)c1ncc(-c2ccc3c(c2)COc2cc4c(ccc5[nH]c([C@@H]6CC[C@H](C)N6C(=O)[C@H](CC)NC(=O)OC)nc54)cc2-3)[nH]1. The quantitative estimate of drug-likeness (QED) is 0.117. The molecule has 5 aromatic rings. The lowest BCUT2D eigenvalue weighted by Crippen LogP contribution is -2.50. The van der Waals surface area contributed by atoms with Gasteiger partial charge in [0.1, 0.15) is 30.0 Å². The van der Waals surface area contributed by atoms with Crippen LogP contribution in [0.15, 0.2) is 48.7 Å². The summed E-state index contributed by atoms with van der Waals surface area (Å²) in [4.78, 5) is 59.2. The number of hydrogen-bond donors (Lipinski definition) is 3. The van der Waals surface area contributed by atoms with Gasteiger partial charge in [0.15, 0.2) is 0 Å². The lowest BCUT2D eigenvalue weighted by molar-refractivity contribution is -0.136. The number of H-pyrrole nitrogens is 2. The second-order valence-corrected chi connectivity index (χ2v) is 14.8. The minimum absolute atomic E-state index is 0.00410. The standard InChI is InChI=1S/C43H49N7O5/c1-8-11-38(51)49(22-24(4)9-2)26(6)40-44-21-35(46-40)28-13-15-30-29(18-28)23-55-37-20-31-27(19-32(30)37)14-16-34-39(31)48-41(45-34)36-17-12-25(5)50(36)42(52)33(10-3)47-43(53)54-7/h2,13-16,18-21,24-26,33,36H,8,10-12,17,22-23H2,1,3-7H3,(H,44,46)(H,45,48)(H,47,53)/t24-,25+,26+,33+,36+/m1/s1. The van der Waals surface area contributed by atoms with Crippen molar-refractivity contribution in [3.8, 4) is 40.5 Å². The first kappa shape index (κ1) is 37.5. The van der Waals surface area contributed by atoms with Gasteiger partial charge in [-0.15, -0.1) is 12.3 Å². The molecule has 286 valence electrons. The Morgan fingerprint density at radius 3 is 2.67 bits per heavy atom. The highest BCUT2D eigenvalue weighted by atomic mass is 16.5. The third-order valence-electron chi connectivity index (χ3n) is 11.1. The number of ether oxygens (including phenoxy) is 2. The molecule has 1 saturated heterocycles. The van der Waals surface area contributed by atoms with E-state index >= 15 is 0 Å². The van der Waals surface area contributed by atoms with E-state index < -0.39 is 12.1 Å². The molecule has 12 heteroatoms. The fourth-order valence-corrected chi connectivity index (χ4v) is 8.00. The van der Waals surface area contributed by atoms with Gasteiger partial charge in [0.2, 0.25) is 11.8 Å². The highest BCUT2D eigenvalue weighted by Gasteiger charge is 2.40. The first-order valence-electron chi connectivity index (χ1n) is 19.2. The highest BCUT2D eigenvalue weighted by molar-refractivity contribution is 6.07. The van der Waals surface area contributed by atoms with Crippen molar-refractivity contribution in [2.24, 2.45) is 5.92 Å². The summed E-state index contributed by atoms with van der Waals surface area (Å²) >= 11 is 0. The first-order valence-corrected chi connectivity index (χ1v) is 19.2. The van der Waals surface area contributed by atoms with Gasteiger partial charge in [-0.25, -0.2) is 14.8 Å². The number of likely N-dealkylation sites (tertiary alicyclic amines) is 1. The van der Waals surface area contributed by atoms with Crippen molar-refractivity contribution < 1.29 is 23.9 Å². The molecule has 2 aliphatic rings.